The maximum atomic E-state index is 12.0. The number of nitro groups is 1. The first kappa shape index (κ1) is 17.3. The first-order valence-electron chi connectivity index (χ1n) is 6.62. The lowest BCUT2D eigenvalue weighted by molar-refractivity contribution is -0.384. The molecule has 0 saturated heterocycles. The van der Waals surface area contributed by atoms with E-state index in [1.165, 1.54) is 36.4 Å². The van der Waals surface area contributed by atoms with Gasteiger partial charge < -0.3 is 10.1 Å². The molecule has 1 N–H and O–H groups in total. The quantitative estimate of drug-likeness (QED) is 0.668. The lowest BCUT2D eigenvalue weighted by Gasteiger charge is -2.09. The summed E-state index contributed by atoms with van der Waals surface area (Å²) in [5.41, 5.74) is 0.739. The van der Waals surface area contributed by atoms with Crippen LogP contribution < -0.4 is 10.1 Å². The standard InChI is InChI=1S/C15H11F3N2O4/c16-15(17,18)24-13-7-3-11(4-8-13)14(21)19-9-10-1-5-12(6-2-10)20(22)23/h1-8H,9H2,(H,19,21). The highest BCUT2D eigenvalue weighted by Crippen LogP contribution is 2.22. The molecule has 126 valence electrons. The van der Waals surface area contributed by atoms with Crippen LogP contribution in [-0.4, -0.2) is 17.2 Å². The lowest BCUT2D eigenvalue weighted by atomic mass is 10.2. The maximum absolute atomic E-state index is 12.0. The summed E-state index contributed by atoms with van der Waals surface area (Å²) in [7, 11) is 0. The molecule has 24 heavy (non-hydrogen) atoms. The van der Waals surface area contributed by atoms with Gasteiger partial charge >= 0.3 is 6.36 Å². The molecule has 0 heterocycles. The summed E-state index contributed by atoms with van der Waals surface area (Å²) < 4.78 is 39.8. The molecule has 9 heteroatoms. The number of amides is 1. The Bertz CT molecular complexity index is 728. The van der Waals surface area contributed by atoms with Crippen molar-refractivity contribution in [2.45, 2.75) is 12.9 Å². The minimum Gasteiger partial charge on any atom is -0.406 e. The normalized spacial score (nSPS) is 11.0. The van der Waals surface area contributed by atoms with Crippen LogP contribution in [0.5, 0.6) is 5.75 Å². The molecule has 0 atom stereocenters. The van der Waals surface area contributed by atoms with Crippen LogP contribution in [0.2, 0.25) is 0 Å². The zero-order chi connectivity index (χ0) is 17.7. The van der Waals surface area contributed by atoms with E-state index in [9.17, 15) is 28.1 Å². The Labute approximate surface area is 134 Å². The number of hydrogen-bond donors (Lipinski definition) is 1. The fraction of sp³-hybridized carbons (Fsp3) is 0.133. The zero-order valence-electron chi connectivity index (χ0n) is 12.0. The van der Waals surface area contributed by atoms with E-state index < -0.39 is 22.9 Å². The molecular weight excluding hydrogens is 329 g/mol. The average Bonchev–Trinajstić information content (AvgIpc) is 2.52. The number of non-ortho nitro benzene ring substituents is 1. The second-order valence-electron chi connectivity index (χ2n) is 4.68. The summed E-state index contributed by atoms with van der Waals surface area (Å²) in [6, 6.07) is 10.1. The summed E-state index contributed by atoms with van der Waals surface area (Å²) in [4.78, 5) is 21.9. The van der Waals surface area contributed by atoms with Crippen LogP contribution in [0, 0.1) is 10.1 Å². The Morgan fingerprint density at radius 3 is 2.17 bits per heavy atom. The van der Waals surface area contributed by atoms with Crippen LogP contribution in [0.4, 0.5) is 18.9 Å². The number of carbonyl (C=O) groups excluding carboxylic acids is 1. The number of nitro benzene ring substituents is 1. The SMILES string of the molecule is O=C(NCc1ccc([N+](=O)[O-])cc1)c1ccc(OC(F)(F)F)cc1. The van der Waals surface area contributed by atoms with Gasteiger partial charge in [-0.1, -0.05) is 12.1 Å². The fourth-order valence-electron chi connectivity index (χ4n) is 1.83. The number of hydrogen-bond acceptors (Lipinski definition) is 4. The number of nitrogens with one attached hydrogen (secondary N) is 1. The summed E-state index contributed by atoms with van der Waals surface area (Å²) in [5, 5.41) is 13.1. The van der Waals surface area contributed by atoms with Gasteiger partial charge in [0.1, 0.15) is 5.75 Å². The van der Waals surface area contributed by atoms with Crippen molar-refractivity contribution in [3.8, 4) is 5.75 Å². The molecule has 0 fully saturated rings. The van der Waals surface area contributed by atoms with Crippen LogP contribution in [-0.2, 0) is 6.54 Å². The Balaban J connectivity index is 1.93. The average molecular weight is 340 g/mol. The molecule has 2 aromatic carbocycles. The highest BCUT2D eigenvalue weighted by Gasteiger charge is 2.31. The van der Waals surface area contributed by atoms with Crippen molar-refractivity contribution in [3.05, 3.63) is 69.8 Å². The Hall–Kier alpha value is -3.10. The molecule has 6 nitrogen and oxygen atoms in total. The van der Waals surface area contributed by atoms with Crippen molar-refractivity contribution in [3.63, 3.8) is 0 Å². The number of nitrogens with zero attached hydrogens (tertiary/aromatic N) is 1. The molecule has 0 unspecified atom stereocenters. The van der Waals surface area contributed by atoms with E-state index >= 15 is 0 Å². The fourth-order valence-corrected chi connectivity index (χ4v) is 1.83. The van der Waals surface area contributed by atoms with Crippen LogP contribution in [0.25, 0.3) is 0 Å². The molecule has 2 aromatic rings. The number of rotatable bonds is 5. The van der Waals surface area contributed by atoms with Gasteiger partial charge in [0, 0.05) is 24.2 Å². The van der Waals surface area contributed by atoms with Crippen LogP contribution in [0.15, 0.2) is 48.5 Å². The van der Waals surface area contributed by atoms with Gasteiger partial charge in [0.25, 0.3) is 11.6 Å². The van der Waals surface area contributed by atoms with Crippen LogP contribution in [0.3, 0.4) is 0 Å². The van der Waals surface area contributed by atoms with Crippen LogP contribution in [0.1, 0.15) is 15.9 Å². The van der Waals surface area contributed by atoms with E-state index in [0.717, 1.165) is 12.1 Å². The molecule has 0 bridgehead atoms. The van der Waals surface area contributed by atoms with E-state index in [-0.39, 0.29) is 17.8 Å². The first-order valence-corrected chi connectivity index (χ1v) is 6.62. The summed E-state index contributed by atoms with van der Waals surface area (Å²) in [6.45, 7) is 0.123. The molecule has 0 aliphatic carbocycles. The lowest BCUT2D eigenvalue weighted by Crippen LogP contribution is -2.22. The van der Waals surface area contributed by atoms with Crippen molar-refractivity contribution >= 4 is 11.6 Å². The minimum atomic E-state index is -4.79. The molecule has 1 amide bonds. The zero-order valence-corrected chi connectivity index (χ0v) is 12.0. The van der Waals surface area contributed by atoms with Gasteiger partial charge in [-0.15, -0.1) is 13.2 Å². The predicted octanol–water partition coefficient (Wildman–Crippen LogP) is 3.42. The maximum Gasteiger partial charge on any atom is 0.573 e. The van der Waals surface area contributed by atoms with Gasteiger partial charge in [-0.05, 0) is 29.8 Å². The minimum absolute atomic E-state index is 0.0645. The second kappa shape index (κ2) is 6.99. The number of ether oxygens (including phenoxy) is 1. The van der Waals surface area contributed by atoms with Crippen molar-refractivity contribution in [1.82, 2.24) is 5.32 Å². The molecule has 0 radical (unpaired) electrons. The van der Waals surface area contributed by atoms with Crippen molar-refractivity contribution < 1.29 is 27.6 Å². The molecule has 0 saturated carbocycles. The topological polar surface area (TPSA) is 81.5 Å². The molecule has 2 rings (SSSR count). The summed E-state index contributed by atoms with van der Waals surface area (Å²) >= 11 is 0. The summed E-state index contributed by atoms with van der Waals surface area (Å²) in [6.07, 6.45) is -4.79. The molecule has 0 spiro atoms. The third kappa shape index (κ3) is 4.97. The highest BCUT2D eigenvalue weighted by molar-refractivity contribution is 5.94. The second-order valence-corrected chi connectivity index (χ2v) is 4.68. The van der Waals surface area contributed by atoms with Gasteiger partial charge in [-0.3, -0.25) is 14.9 Å². The number of carbonyl (C=O) groups is 1. The van der Waals surface area contributed by atoms with Gasteiger partial charge in [0.05, 0.1) is 4.92 Å². The molecule has 0 aliphatic heterocycles. The van der Waals surface area contributed by atoms with E-state index in [1.54, 1.807) is 0 Å². The van der Waals surface area contributed by atoms with Crippen molar-refractivity contribution in [2.75, 3.05) is 0 Å². The Morgan fingerprint density at radius 2 is 1.67 bits per heavy atom. The van der Waals surface area contributed by atoms with Gasteiger partial charge in [-0.2, -0.15) is 0 Å². The predicted molar refractivity (Wildman–Crippen MR) is 77.4 cm³/mol. The third-order valence-electron chi connectivity index (χ3n) is 2.95. The van der Waals surface area contributed by atoms with E-state index in [2.05, 4.69) is 10.1 Å². The number of alkyl halides is 3. The van der Waals surface area contributed by atoms with E-state index in [1.807, 2.05) is 0 Å². The molecular formula is C15H11F3N2O4. The smallest absolute Gasteiger partial charge is 0.406 e. The number of halogens is 3. The molecule has 0 aromatic heterocycles. The van der Waals surface area contributed by atoms with Crippen LogP contribution >= 0.6 is 0 Å². The highest BCUT2D eigenvalue weighted by atomic mass is 19.4. The molecule has 0 aliphatic rings. The third-order valence-corrected chi connectivity index (χ3v) is 2.95. The monoisotopic (exact) mass is 340 g/mol. The van der Waals surface area contributed by atoms with Crippen molar-refractivity contribution in [2.24, 2.45) is 0 Å². The largest absolute Gasteiger partial charge is 0.573 e. The Kier molecular flexibility index (Phi) is 5.02. The van der Waals surface area contributed by atoms with Gasteiger partial charge in [0.2, 0.25) is 0 Å². The van der Waals surface area contributed by atoms with Gasteiger partial charge in [0.15, 0.2) is 0 Å². The van der Waals surface area contributed by atoms with E-state index in [0.29, 0.717) is 5.56 Å². The van der Waals surface area contributed by atoms with Crippen molar-refractivity contribution in [1.29, 1.82) is 0 Å². The summed E-state index contributed by atoms with van der Waals surface area (Å²) in [5.74, 6) is -0.915. The van der Waals surface area contributed by atoms with Gasteiger partial charge in [-0.25, -0.2) is 0 Å². The Morgan fingerprint density at radius 1 is 1.08 bits per heavy atom. The first-order chi connectivity index (χ1) is 11.2. The number of benzene rings is 2. The van der Waals surface area contributed by atoms with E-state index in [4.69, 9.17) is 0 Å².